The van der Waals surface area contributed by atoms with Crippen molar-refractivity contribution < 1.29 is 4.74 Å². The summed E-state index contributed by atoms with van der Waals surface area (Å²) in [6.07, 6.45) is 0. The van der Waals surface area contributed by atoms with E-state index in [1.54, 1.807) is 4.68 Å². The Morgan fingerprint density at radius 1 is 1.14 bits per heavy atom. The van der Waals surface area contributed by atoms with Gasteiger partial charge in [0.05, 0.1) is 10.2 Å². The summed E-state index contributed by atoms with van der Waals surface area (Å²) in [5.74, 6) is 1.44. The van der Waals surface area contributed by atoms with Gasteiger partial charge in [0.25, 0.3) is 0 Å². The third-order valence-electron chi connectivity index (χ3n) is 3.38. The summed E-state index contributed by atoms with van der Waals surface area (Å²) in [5.41, 5.74) is 8.79. The first-order chi connectivity index (χ1) is 10.6. The van der Waals surface area contributed by atoms with E-state index in [0.717, 1.165) is 27.0 Å². The molecule has 0 amide bonds. The fourth-order valence-electron chi connectivity index (χ4n) is 2.14. The van der Waals surface area contributed by atoms with Gasteiger partial charge in [-0.2, -0.15) is 5.10 Å². The van der Waals surface area contributed by atoms with E-state index in [1.807, 2.05) is 61.6 Å². The third-order valence-corrected chi connectivity index (χ3v) is 4.00. The summed E-state index contributed by atoms with van der Waals surface area (Å²) in [7, 11) is 1.82. The summed E-state index contributed by atoms with van der Waals surface area (Å²) >= 11 is 3.55. The van der Waals surface area contributed by atoms with Crippen LogP contribution in [0.1, 0.15) is 5.56 Å². The van der Waals surface area contributed by atoms with E-state index >= 15 is 0 Å². The van der Waals surface area contributed by atoms with Crippen LogP contribution in [-0.2, 0) is 13.7 Å². The molecule has 112 valence electrons. The summed E-state index contributed by atoms with van der Waals surface area (Å²) in [6.45, 7) is 0.537. The number of benzene rings is 2. The van der Waals surface area contributed by atoms with Gasteiger partial charge >= 0.3 is 0 Å². The van der Waals surface area contributed by atoms with Crippen LogP contribution in [0, 0.1) is 0 Å². The van der Waals surface area contributed by atoms with Gasteiger partial charge in [0.1, 0.15) is 18.2 Å². The Balaban J connectivity index is 1.77. The molecule has 2 aromatic carbocycles. The monoisotopic (exact) mass is 357 g/mol. The molecule has 5 heteroatoms. The van der Waals surface area contributed by atoms with Gasteiger partial charge in [-0.15, -0.1) is 0 Å². The van der Waals surface area contributed by atoms with Crippen molar-refractivity contribution in [3.63, 3.8) is 0 Å². The summed E-state index contributed by atoms with van der Waals surface area (Å²) < 4.78 is 8.39. The maximum atomic E-state index is 5.85. The van der Waals surface area contributed by atoms with Crippen molar-refractivity contribution in [3.8, 4) is 17.0 Å². The SMILES string of the molecule is Cn1nc(-c2ccc(OCc3ccccc3)c(Br)c2)cc1N. The molecular weight excluding hydrogens is 342 g/mol. The molecule has 1 aromatic heterocycles. The molecule has 0 spiro atoms. The Labute approximate surface area is 137 Å². The van der Waals surface area contributed by atoms with Crippen molar-refractivity contribution in [3.05, 3.63) is 64.6 Å². The topological polar surface area (TPSA) is 53.1 Å². The predicted molar refractivity (Wildman–Crippen MR) is 91.5 cm³/mol. The van der Waals surface area contributed by atoms with Crippen LogP contribution in [0.4, 0.5) is 5.82 Å². The minimum Gasteiger partial charge on any atom is -0.488 e. The highest BCUT2D eigenvalue weighted by Crippen LogP contribution is 2.31. The van der Waals surface area contributed by atoms with Crippen LogP contribution < -0.4 is 10.5 Å². The third kappa shape index (κ3) is 3.14. The van der Waals surface area contributed by atoms with Crippen molar-refractivity contribution in [2.75, 3.05) is 5.73 Å². The van der Waals surface area contributed by atoms with Crippen molar-refractivity contribution in [1.29, 1.82) is 0 Å². The first kappa shape index (κ1) is 14.7. The Bertz CT molecular complexity index is 764. The Hall–Kier alpha value is -2.27. The summed E-state index contributed by atoms with van der Waals surface area (Å²) in [5, 5.41) is 4.37. The zero-order valence-corrected chi connectivity index (χ0v) is 13.7. The van der Waals surface area contributed by atoms with Crippen LogP contribution in [0.15, 0.2) is 59.1 Å². The second-order valence-electron chi connectivity index (χ2n) is 5.00. The molecule has 22 heavy (non-hydrogen) atoms. The molecule has 0 atom stereocenters. The van der Waals surface area contributed by atoms with Crippen LogP contribution in [0.5, 0.6) is 5.75 Å². The molecule has 2 N–H and O–H groups in total. The van der Waals surface area contributed by atoms with Crippen LogP contribution in [0.2, 0.25) is 0 Å². The summed E-state index contributed by atoms with van der Waals surface area (Å²) in [6, 6.07) is 17.8. The lowest BCUT2D eigenvalue weighted by molar-refractivity contribution is 0.304. The average molecular weight is 358 g/mol. The molecule has 4 nitrogen and oxygen atoms in total. The molecule has 0 unspecified atom stereocenters. The highest BCUT2D eigenvalue weighted by atomic mass is 79.9. The highest BCUT2D eigenvalue weighted by Gasteiger charge is 2.08. The number of nitrogens with zero attached hydrogens (tertiary/aromatic N) is 2. The Morgan fingerprint density at radius 3 is 2.55 bits per heavy atom. The van der Waals surface area contributed by atoms with E-state index in [-0.39, 0.29) is 0 Å². The van der Waals surface area contributed by atoms with Gasteiger partial charge in [-0.1, -0.05) is 30.3 Å². The second-order valence-corrected chi connectivity index (χ2v) is 5.85. The van der Waals surface area contributed by atoms with Gasteiger partial charge in [0.15, 0.2) is 0 Å². The average Bonchev–Trinajstić information content (AvgIpc) is 2.86. The lowest BCUT2D eigenvalue weighted by atomic mass is 10.1. The molecular formula is C17H16BrN3O. The molecule has 0 bridgehead atoms. The maximum Gasteiger partial charge on any atom is 0.134 e. The van der Waals surface area contributed by atoms with E-state index in [2.05, 4.69) is 21.0 Å². The van der Waals surface area contributed by atoms with Gasteiger partial charge in [-0.25, -0.2) is 0 Å². The smallest absolute Gasteiger partial charge is 0.134 e. The standard InChI is InChI=1S/C17H16BrN3O/c1-21-17(19)10-15(20-21)13-7-8-16(14(18)9-13)22-11-12-5-3-2-4-6-12/h2-10H,11,19H2,1H3. The van der Waals surface area contributed by atoms with Crippen LogP contribution >= 0.6 is 15.9 Å². The number of nitrogen functional groups attached to an aromatic ring is 1. The number of aromatic nitrogens is 2. The normalized spacial score (nSPS) is 10.6. The van der Waals surface area contributed by atoms with E-state index in [4.69, 9.17) is 10.5 Å². The fraction of sp³-hybridized carbons (Fsp3) is 0.118. The van der Waals surface area contributed by atoms with E-state index in [9.17, 15) is 0 Å². The second kappa shape index (κ2) is 6.23. The quantitative estimate of drug-likeness (QED) is 0.767. The van der Waals surface area contributed by atoms with E-state index in [1.165, 1.54) is 0 Å². The number of nitrogens with two attached hydrogens (primary N) is 1. The van der Waals surface area contributed by atoms with Crippen molar-refractivity contribution in [1.82, 2.24) is 9.78 Å². The molecule has 0 aliphatic heterocycles. The van der Waals surface area contributed by atoms with E-state index < -0.39 is 0 Å². The van der Waals surface area contributed by atoms with Gasteiger partial charge in [0, 0.05) is 18.7 Å². The molecule has 0 aliphatic rings. The number of rotatable bonds is 4. The number of anilines is 1. The predicted octanol–water partition coefficient (Wildman–Crippen LogP) is 4.01. The van der Waals surface area contributed by atoms with Crippen LogP contribution in [0.3, 0.4) is 0 Å². The zero-order chi connectivity index (χ0) is 15.5. The molecule has 3 rings (SSSR count). The Morgan fingerprint density at radius 2 is 1.91 bits per heavy atom. The van der Waals surface area contributed by atoms with Crippen LogP contribution in [-0.4, -0.2) is 9.78 Å². The minimum absolute atomic E-state index is 0.537. The van der Waals surface area contributed by atoms with Crippen molar-refractivity contribution in [2.24, 2.45) is 7.05 Å². The first-order valence-corrected chi connectivity index (χ1v) is 7.69. The first-order valence-electron chi connectivity index (χ1n) is 6.89. The number of hydrogen-bond acceptors (Lipinski definition) is 3. The fourth-order valence-corrected chi connectivity index (χ4v) is 2.63. The van der Waals surface area contributed by atoms with E-state index in [0.29, 0.717) is 12.4 Å². The number of ether oxygens (including phenoxy) is 1. The largest absolute Gasteiger partial charge is 0.488 e. The molecule has 0 saturated heterocycles. The minimum atomic E-state index is 0.537. The van der Waals surface area contributed by atoms with Gasteiger partial charge in [0.2, 0.25) is 0 Å². The summed E-state index contributed by atoms with van der Waals surface area (Å²) in [4.78, 5) is 0. The molecule has 0 saturated carbocycles. The number of aryl methyl sites for hydroxylation is 1. The van der Waals surface area contributed by atoms with Crippen molar-refractivity contribution in [2.45, 2.75) is 6.61 Å². The van der Waals surface area contributed by atoms with Gasteiger partial charge in [-0.05, 0) is 39.7 Å². The van der Waals surface area contributed by atoms with Gasteiger partial charge < -0.3 is 10.5 Å². The van der Waals surface area contributed by atoms with Crippen molar-refractivity contribution >= 4 is 21.7 Å². The number of halogens is 1. The van der Waals surface area contributed by atoms with Gasteiger partial charge in [-0.3, -0.25) is 4.68 Å². The molecule has 0 fully saturated rings. The lowest BCUT2D eigenvalue weighted by Gasteiger charge is -2.09. The highest BCUT2D eigenvalue weighted by molar-refractivity contribution is 9.10. The Kier molecular flexibility index (Phi) is 4.15. The molecule has 0 aliphatic carbocycles. The lowest BCUT2D eigenvalue weighted by Crippen LogP contribution is -1.97. The number of hydrogen-bond donors (Lipinski definition) is 1. The molecule has 3 aromatic rings. The zero-order valence-electron chi connectivity index (χ0n) is 12.2. The molecule has 0 radical (unpaired) electrons. The molecule has 1 heterocycles. The maximum absolute atomic E-state index is 5.85. The van der Waals surface area contributed by atoms with Crippen LogP contribution in [0.25, 0.3) is 11.3 Å².